The van der Waals surface area contributed by atoms with Gasteiger partial charge in [-0.3, -0.25) is 4.98 Å². The quantitative estimate of drug-likeness (QED) is 0.853. The largest absolute Gasteiger partial charge is 0.487 e. The summed E-state index contributed by atoms with van der Waals surface area (Å²) in [6.07, 6.45) is 2.61. The Balaban J connectivity index is 1.56. The lowest BCUT2D eigenvalue weighted by Crippen LogP contribution is -2.34. The van der Waals surface area contributed by atoms with Crippen LogP contribution in [0, 0.1) is 0 Å². The number of hydrogen-bond acceptors (Lipinski definition) is 5. The van der Waals surface area contributed by atoms with Crippen LogP contribution in [0.15, 0.2) is 42.9 Å². The molecule has 7 nitrogen and oxygen atoms in total. The van der Waals surface area contributed by atoms with Gasteiger partial charge < -0.3 is 19.7 Å². The van der Waals surface area contributed by atoms with Gasteiger partial charge in [0.2, 0.25) is 5.88 Å². The maximum atomic E-state index is 12.4. The van der Waals surface area contributed by atoms with Gasteiger partial charge in [-0.25, -0.2) is 18.6 Å². The highest BCUT2D eigenvalue weighted by atomic mass is 19.3. The number of amides is 2. The minimum atomic E-state index is -2.62. The fourth-order valence-electron chi connectivity index (χ4n) is 2.56. The Morgan fingerprint density at radius 1 is 1.35 bits per heavy atom. The SMILES string of the molecule is O=C(Nc1cccnc1OCC(F)F)N1CCC(Oc2cccnc2)C1. The van der Waals surface area contributed by atoms with Crippen LogP contribution in [-0.2, 0) is 0 Å². The van der Waals surface area contributed by atoms with E-state index in [2.05, 4.69) is 15.3 Å². The third-order valence-corrected chi connectivity index (χ3v) is 3.73. The number of urea groups is 1. The topological polar surface area (TPSA) is 76.6 Å². The maximum absolute atomic E-state index is 12.4. The average Bonchev–Trinajstić information content (AvgIpc) is 3.10. The molecule has 3 rings (SSSR count). The molecule has 0 bridgehead atoms. The van der Waals surface area contributed by atoms with Crippen molar-refractivity contribution in [2.45, 2.75) is 19.0 Å². The van der Waals surface area contributed by atoms with E-state index < -0.39 is 13.0 Å². The number of alkyl halides is 2. The van der Waals surface area contributed by atoms with Crippen LogP contribution < -0.4 is 14.8 Å². The Morgan fingerprint density at radius 2 is 2.19 bits per heavy atom. The van der Waals surface area contributed by atoms with Crippen molar-refractivity contribution >= 4 is 11.7 Å². The van der Waals surface area contributed by atoms with Gasteiger partial charge >= 0.3 is 6.03 Å². The highest BCUT2D eigenvalue weighted by molar-refractivity contribution is 5.90. The number of halogens is 2. The minimum Gasteiger partial charge on any atom is -0.487 e. The zero-order chi connectivity index (χ0) is 18.4. The fourth-order valence-corrected chi connectivity index (χ4v) is 2.56. The summed E-state index contributed by atoms with van der Waals surface area (Å²) in [5.74, 6) is 0.609. The summed E-state index contributed by atoms with van der Waals surface area (Å²) in [7, 11) is 0. The zero-order valence-electron chi connectivity index (χ0n) is 13.8. The lowest BCUT2D eigenvalue weighted by atomic mass is 10.3. The molecular formula is C17H18F2N4O3. The summed E-state index contributed by atoms with van der Waals surface area (Å²) in [6.45, 7) is 0.142. The molecule has 0 saturated carbocycles. The lowest BCUT2D eigenvalue weighted by molar-refractivity contribution is 0.0800. The second-order valence-corrected chi connectivity index (χ2v) is 5.65. The van der Waals surface area contributed by atoms with E-state index in [1.54, 1.807) is 41.6 Å². The molecular weight excluding hydrogens is 346 g/mol. The number of pyridine rings is 2. The van der Waals surface area contributed by atoms with Crippen molar-refractivity contribution in [3.63, 3.8) is 0 Å². The second kappa shape index (κ2) is 8.41. The third kappa shape index (κ3) is 4.78. The summed E-state index contributed by atoms with van der Waals surface area (Å²) >= 11 is 0. The first-order chi connectivity index (χ1) is 12.6. The highest BCUT2D eigenvalue weighted by Crippen LogP contribution is 2.23. The van der Waals surface area contributed by atoms with E-state index in [0.29, 0.717) is 25.3 Å². The van der Waals surface area contributed by atoms with Crippen LogP contribution in [0.4, 0.5) is 19.3 Å². The van der Waals surface area contributed by atoms with Gasteiger partial charge in [-0.1, -0.05) is 0 Å². The van der Waals surface area contributed by atoms with E-state index in [-0.39, 0.29) is 23.7 Å². The van der Waals surface area contributed by atoms with E-state index in [0.717, 1.165) is 0 Å². The van der Waals surface area contributed by atoms with Crippen molar-refractivity contribution in [1.82, 2.24) is 14.9 Å². The van der Waals surface area contributed by atoms with Crippen LogP contribution in [-0.4, -0.2) is 53.1 Å². The molecule has 3 heterocycles. The molecule has 2 amide bonds. The van der Waals surface area contributed by atoms with E-state index >= 15 is 0 Å². The van der Waals surface area contributed by atoms with Gasteiger partial charge in [0, 0.05) is 25.4 Å². The molecule has 1 aliphatic rings. The van der Waals surface area contributed by atoms with Crippen molar-refractivity contribution in [2.75, 3.05) is 25.0 Å². The number of nitrogens with one attached hydrogen (secondary N) is 1. The summed E-state index contributed by atoms with van der Waals surface area (Å²) in [5, 5.41) is 2.65. The Hall–Kier alpha value is -2.97. The number of rotatable bonds is 6. The second-order valence-electron chi connectivity index (χ2n) is 5.65. The smallest absolute Gasteiger partial charge is 0.322 e. The van der Waals surface area contributed by atoms with Crippen molar-refractivity contribution in [1.29, 1.82) is 0 Å². The highest BCUT2D eigenvalue weighted by Gasteiger charge is 2.28. The zero-order valence-corrected chi connectivity index (χ0v) is 13.8. The Labute approximate surface area is 149 Å². The fraction of sp³-hybridized carbons (Fsp3) is 0.353. The van der Waals surface area contributed by atoms with E-state index in [9.17, 15) is 13.6 Å². The molecule has 0 spiro atoms. The van der Waals surface area contributed by atoms with Crippen molar-refractivity contribution in [3.05, 3.63) is 42.9 Å². The van der Waals surface area contributed by atoms with E-state index in [1.807, 2.05) is 0 Å². The van der Waals surface area contributed by atoms with Crippen LogP contribution in [0.5, 0.6) is 11.6 Å². The molecule has 1 atom stereocenters. The number of carbonyl (C=O) groups excluding carboxylic acids is 1. The first kappa shape index (κ1) is 17.8. The number of anilines is 1. The number of nitrogens with zero attached hydrogens (tertiary/aromatic N) is 3. The average molecular weight is 364 g/mol. The van der Waals surface area contributed by atoms with Crippen LogP contribution >= 0.6 is 0 Å². The molecule has 26 heavy (non-hydrogen) atoms. The predicted molar refractivity (Wildman–Crippen MR) is 89.6 cm³/mol. The van der Waals surface area contributed by atoms with Crippen LogP contribution in [0.3, 0.4) is 0 Å². The Bertz CT molecular complexity index is 733. The summed E-state index contributed by atoms with van der Waals surface area (Å²) in [6, 6.07) is 6.35. The molecule has 1 N–H and O–H groups in total. The Morgan fingerprint density at radius 3 is 2.96 bits per heavy atom. The summed E-state index contributed by atoms with van der Waals surface area (Å²) in [4.78, 5) is 21.9. The van der Waals surface area contributed by atoms with E-state index in [4.69, 9.17) is 9.47 Å². The van der Waals surface area contributed by atoms with Crippen LogP contribution in [0.25, 0.3) is 0 Å². The van der Waals surface area contributed by atoms with Gasteiger partial charge in [0.1, 0.15) is 17.5 Å². The molecule has 138 valence electrons. The maximum Gasteiger partial charge on any atom is 0.322 e. The molecule has 1 saturated heterocycles. The minimum absolute atomic E-state index is 0.0384. The first-order valence-corrected chi connectivity index (χ1v) is 8.10. The predicted octanol–water partition coefficient (Wildman–Crippen LogP) is 2.81. The number of aromatic nitrogens is 2. The number of carbonyl (C=O) groups is 1. The van der Waals surface area contributed by atoms with Crippen LogP contribution in [0.2, 0.25) is 0 Å². The van der Waals surface area contributed by atoms with Crippen LogP contribution in [0.1, 0.15) is 6.42 Å². The van der Waals surface area contributed by atoms with Gasteiger partial charge in [0.25, 0.3) is 6.43 Å². The summed E-state index contributed by atoms with van der Waals surface area (Å²) < 4.78 is 35.4. The van der Waals surface area contributed by atoms with E-state index in [1.165, 1.54) is 6.20 Å². The summed E-state index contributed by atoms with van der Waals surface area (Å²) in [5.41, 5.74) is 0.245. The molecule has 0 radical (unpaired) electrons. The molecule has 1 aliphatic heterocycles. The monoisotopic (exact) mass is 364 g/mol. The normalized spacial score (nSPS) is 16.6. The van der Waals surface area contributed by atoms with Gasteiger partial charge in [-0.2, -0.15) is 0 Å². The molecule has 0 aromatic carbocycles. The van der Waals surface area contributed by atoms with Gasteiger partial charge in [-0.15, -0.1) is 0 Å². The van der Waals surface area contributed by atoms with Crippen molar-refractivity contribution < 1.29 is 23.0 Å². The lowest BCUT2D eigenvalue weighted by Gasteiger charge is -2.18. The van der Waals surface area contributed by atoms with Gasteiger partial charge in [-0.05, 0) is 24.3 Å². The molecule has 0 aliphatic carbocycles. The number of likely N-dealkylation sites (tertiary alicyclic amines) is 1. The third-order valence-electron chi connectivity index (χ3n) is 3.73. The van der Waals surface area contributed by atoms with Gasteiger partial charge in [0.15, 0.2) is 6.61 Å². The van der Waals surface area contributed by atoms with Gasteiger partial charge in [0.05, 0.1) is 12.7 Å². The molecule has 1 unspecified atom stereocenters. The van der Waals surface area contributed by atoms with Crippen molar-refractivity contribution in [3.8, 4) is 11.6 Å². The Kier molecular flexibility index (Phi) is 5.77. The molecule has 1 fully saturated rings. The molecule has 9 heteroatoms. The molecule has 2 aromatic heterocycles. The standard InChI is InChI=1S/C17H18F2N4O3/c18-15(19)11-25-16-14(4-2-7-21-16)22-17(24)23-8-5-13(10-23)26-12-3-1-6-20-9-12/h1-4,6-7,9,13,15H,5,8,10-11H2,(H,22,24). The first-order valence-electron chi connectivity index (χ1n) is 8.10. The molecule has 2 aromatic rings. The number of ether oxygens (including phenoxy) is 2. The number of hydrogen-bond donors (Lipinski definition) is 1. The van der Waals surface area contributed by atoms with Crippen molar-refractivity contribution in [2.24, 2.45) is 0 Å².